The quantitative estimate of drug-likeness (QED) is 0.583. The highest BCUT2D eigenvalue weighted by atomic mass is 16.5. The summed E-state index contributed by atoms with van der Waals surface area (Å²) in [6.07, 6.45) is 2.24. The van der Waals surface area contributed by atoms with Crippen molar-refractivity contribution < 1.29 is 14.6 Å². The first-order chi connectivity index (χ1) is 7.61. The van der Waals surface area contributed by atoms with Gasteiger partial charge < -0.3 is 14.7 Å². The molecule has 1 N–H and O–H groups in total. The second-order valence-electron chi connectivity index (χ2n) is 4.10. The molecule has 16 heavy (non-hydrogen) atoms. The first-order valence-electron chi connectivity index (χ1n) is 6.14. The number of hydrogen-bond donors (Lipinski definition) is 1. The van der Waals surface area contributed by atoms with Crippen molar-refractivity contribution in [3.8, 4) is 0 Å². The normalized spacial score (nSPS) is 13.0. The number of likely N-dealkylation sites (N-methyl/N-ethyl adjacent to an activating group) is 1. The van der Waals surface area contributed by atoms with E-state index in [0.717, 1.165) is 32.5 Å². The molecule has 0 aromatic rings. The van der Waals surface area contributed by atoms with Gasteiger partial charge in [0, 0.05) is 19.7 Å². The molecule has 1 atom stereocenters. The van der Waals surface area contributed by atoms with Gasteiger partial charge in [0.25, 0.3) is 0 Å². The lowest BCUT2D eigenvalue weighted by Gasteiger charge is -2.22. The molecule has 0 rings (SSSR count). The van der Waals surface area contributed by atoms with Crippen LogP contribution < -0.4 is 0 Å². The van der Waals surface area contributed by atoms with E-state index in [2.05, 4.69) is 11.8 Å². The Kier molecular flexibility index (Phi) is 9.24. The molecule has 0 aromatic carbocycles. The van der Waals surface area contributed by atoms with E-state index in [9.17, 15) is 4.79 Å². The number of carboxylic acids is 1. The van der Waals surface area contributed by atoms with Crippen LogP contribution in [0.2, 0.25) is 0 Å². The number of carbonyl (C=O) groups is 1. The average molecular weight is 231 g/mol. The summed E-state index contributed by atoms with van der Waals surface area (Å²) in [5.74, 6) is -1.04. The summed E-state index contributed by atoms with van der Waals surface area (Å²) >= 11 is 0. The fourth-order valence-corrected chi connectivity index (χ4v) is 1.39. The molecular formula is C12H25NO3. The molecule has 0 aromatic heterocycles. The molecule has 0 saturated carbocycles. The Morgan fingerprint density at radius 2 is 2.06 bits per heavy atom. The Morgan fingerprint density at radius 3 is 2.56 bits per heavy atom. The van der Waals surface area contributed by atoms with Crippen LogP contribution in [0.5, 0.6) is 0 Å². The standard InChI is InChI=1S/C12H25NO3/c1-4-6-8-16-9-7-13(5-2)10-11(3)12(14)15/h11H,4-10H2,1-3H3,(H,14,15). The van der Waals surface area contributed by atoms with Crippen molar-refractivity contribution in [1.82, 2.24) is 4.90 Å². The molecule has 0 aliphatic carbocycles. The van der Waals surface area contributed by atoms with Gasteiger partial charge in [-0.05, 0) is 13.0 Å². The Morgan fingerprint density at radius 1 is 1.38 bits per heavy atom. The van der Waals surface area contributed by atoms with Gasteiger partial charge in [0.1, 0.15) is 0 Å². The number of rotatable bonds is 10. The van der Waals surface area contributed by atoms with Crippen LogP contribution in [0.3, 0.4) is 0 Å². The average Bonchev–Trinajstić information content (AvgIpc) is 2.26. The molecule has 4 heteroatoms. The molecule has 1 unspecified atom stereocenters. The van der Waals surface area contributed by atoms with E-state index in [4.69, 9.17) is 9.84 Å². The minimum absolute atomic E-state index is 0.310. The molecule has 96 valence electrons. The Labute approximate surface area is 98.6 Å². The number of nitrogens with zero attached hydrogens (tertiary/aromatic N) is 1. The zero-order valence-electron chi connectivity index (χ0n) is 10.7. The van der Waals surface area contributed by atoms with Crippen LogP contribution in [0, 0.1) is 5.92 Å². The van der Waals surface area contributed by atoms with Crippen molar-refractivity contribution in [2.75, 3.05) is 32.8 Å². The Hall–Kier alpha value is -0.610. The summed E-state index contributed by atoms with van der Waals surface area (Å²) < 4.78 is 5.46. The zero-order valence-corrected chi connectivity index (χ0v) is 10.7. The molecule has 4 nitrogen and oxygen atoms in total. The van der Waals surface area contributed by atoms with Crippen LogP contribution in [0.15, 0.2) is 0 Å². The number of ether oxygens (including phenoxy) is 1. The first-order valence-corrected chi connectivity index (χ1v) is 6.14. The first kappa shape index (κ1) is 15.4. The predicted molar refractivity (Wildman–Crippen MR) is 64.6 cm³/mol. The van der Waals surface area contributed by atoms with Crippen molar-refractivity contribution in [2.45, 2.75) is 33.6 Å². The Balaban J connectivity index is 3.62. The largest absolute Gasteiger partial charge is 0.481 e. The van der Waals surface area contributed by atoms with Crippen molar-refractivity contribution in [3.63, 3.8) is 0 Å². The highest BCUT2D eigenvalue weighted by Crippen LogP contribution is 2.00. The van der Waals surface area contributed by atoms with Crippen LogP contribution in [0.4, 0.5) is 0 Å². The van der Waals surface area contributed by atoms with Crippen LogP contribution >= 0.6 is 0 Å². The van der Waals surface area contributed by atoms with Crippen LogP contribution in [0.25, 0.3) is 0 Å². The molecule has 0 amide bonds. The molecule has 0 radical (unpaired) electrons. The molecule has 0 fully saturated rings. The topological polar surface area (TPSA) is 49.8 Å². The van der Waals surface area contributed by atoms with Gasteiger partial charge in [0.05, 0.1) is 12.5 Å². The predicted octanol–water partition coefficient (Wildman–Crippen LogP) is 1.85. The SMILES string of the molecule is CCCCOCCN(CC)CC(C)C(=O)O. The van der Waals surface area contributed by atoms with Crippen molar-refractivity contribution in [3.05, 3.63) is 0 Å². The van der Waals surface area contributed by atoms with Gasteiger partial charge in [-0.15, -0.1) is 0 Å². The third kappa shape index (κ3) is 7.65. The fourth-order valence-electron chi connectivity index (χ4n) is 1.39. The molecule has 0 spiro atoms. The highest BCUT2D eigenvalue weighted by Gasteiger charge is 2.14. The molecule has 0 aliphatic heterocycles. The van der Waals surface area contributed by atoms with E-state index in [1.807, 2.05) is 6.92 Å². The summed E-state index contributed by atoms with van der Waals surface area (Å²) in [4.78, 5) is 12.8. The monoisotopic (exact) mass is 231 g/mol. The minimum Gasteiger partial charge on any atom is -0.481 e. The lowest BCUT2D eigenvalue weighted by atomic mass is 10.2. The molecule has 0 aliphatic rings. The van der Waals surface area contributed by atoms with E-state index in [-0.39, 0.29) is 5.92 Å². The van der Waals surface area contributed by atoms with E-state index >= 15 is 0 Å². The lowest BCUT2D eigenvalue weighted by Crippen LogP contribution is -2.34. The summed E-state index contributed by atoms with van der Waals surface area (Å²) in [5.41, 5.74) is 0. The van der Waals surface area contributed by atoms with Crippen LogP contribution in [-0.2, 0) is 9.53 Å². The zero-order chi connectivity index (χ0) is 12.4. The smallest absolute Gasteiger partial charge is 0.307 e. The molecule has 0 bridgehead atoms. The van der Waals surface area contributed by atoms with Gasteiger partial charge in [0.2, 0.25) is 0 Å². The van der Waals surface area contributed by atoms with Gasteiger partial charge in [-0.3, -0.25) is 4.79 Å². The summed E-state index contributed by atoms with van der Waals surface area (Å²) in [7, 11) is 0. The second-order valence-corrected chi connectivity index (χ2v) is 4.10. The summed E-state index contributed by atoms with van der Waals surface area (Å²) in [5, 5.41) is 8.81. The second kappa shape index (κ2) is 9.60. The molecule has 0 saturated heterocycles. The fraction of sp³-hybridized carbons (Fsp3) is 0.917. The van der Waals surface area contributed by atoms with Gasteiger partial charge in [-0.1, -0.05) is 27.2 Å². The van der Waals surface area contributed by atoms with E-state index in [1.165, 1.54) is 0 Å². The van der Waals surface area contributed by atoms with E-state index in [0.29, 0.717) is 13.2 Å². The third-order valence-electron chi connectivity index (χ3n) is 2.59. The van der Waals surface area contributed by atoms with Crippen molar-refractivity contribution in [2.24, 2.45) is 5.92 Å². The van der Waals surface area contributed by atoms with Gasteiger partial charge in [-0.2, -0.15) is 0 Å². The van der Waals surface area contributed by atoms with Gasteiger partial charge in [0.15, 0.2) is 0 Å². The van der Waals surface area contributed by atoms with E-state index in [1.54, 1.807) is 6.92 Å². The number of unbranched alkanes of at least 4 members (excludes halogenated alkanes) is 1. The van der Waals surface area contributed by atoms with Crippen LogP contribution in [0.1, 0.15) is 33.6 Å². The highest BCUT2D eigenvalue weighted by molar-refractivity contribution is 5.69. The maximum Gasteiger partial charge on any atom is 0.307 e. The number of carboxylic acid groups (broad SMARTS) is 1. The van der Waals surface area contributed by atoms with Crippen LogP contribution in [-0.4, -0.2) is 48.8 Å². The number of hydrogen-bond acceptors (Lipinski definition) is 3. The molecular weight excluding hydrogens is 206 g/mol. The third-order valence-corrected chi connectivity index (χ3v) is 2.59. The van der Waals surface area contributed by atoms with E-state index < -0.39 is 5.97 Å². The number of aliphatic carboxylic acids is 1. The van der Waals surface area contributed by atoms with Crippen molar-refractivity contribution >= 4 is 5.97 Å². The maximum absolute atomic E-state index is 10.7. The van der Waals surface area contributed by atoms with Gasteiger partial charge in [-0.25, -0.2) is 0 Å². The van der Waals surface area contributed by atoms with Crippen molar-refractivity contribution in [1.29, 1.82) is 0 Å². The lowest BCUT2D eigenvalue weighted by molar-refractivity contribution is -0.141. The Bertz CT molecular complexity index is 185. The van der Waals surface area contributed by atoms with Gasteiger partial charge >= 0.3 is 5.97 Å². The summed E-state index contributed by atoms with van der Waals surface area (Å²) in [6.45, 7) is 9.71. The molecule has 0 heterocycles. The maximum atomic E-state index is 10.7. The summed E-state index contributed by atoms with van der Waals surface area (Å²) in [6, 6.07) is 0. The minimum atomic E-state index is -0.731.